The molecule has 0 spiro atoms. The van der Waals surface area contributed by atoms with E-state index in [0.29, 0.717) is 0 Å². The highest BCUT2D eigenvalue weighted by Crippen LogP contribution is 1.93. The number of piperazine rings is 1. The van der Waals surface area contributed by atoms with Gasteiger partial charge in [-0.15, -0.1) is 0 Å². The second-order valence-corrected chi connectivity index (χ2v) is 4.36. The van der Waals surface area contributed by atoms with Crippen LogP contribution in [0.4, 0.5) is 0 Å². The SMILES string of the molecule is CN(C)C.CN1CCN(C)CC1.COC. The number of hydrogen-bond acceptors (Lipinski definition) is 4. The lowest BCUT2D eigenvalue weighted by molar-refractivity contribution is 0.181. The first kappa shape index (κ1) is 17.2. The van der Waals surface area contributed by atoms with Gasteiger partial charge in [-0.25, -0.2) is 0 Å². The van der Waals surface area contributed by atoms with Gasteiger partial charge in [-0.2, -0.15) is 0 Å². The lowest BCUT2D eigenvalue weighted by Gasteiger charge is -2.28. The fourth-order valence-corrected chi connectivity index (χ4v) is 0.906. The molecule has 1 fully saturated rings. The second-order valence-electron chi connectivity index (χ2n) is 4.36. The van der Waals surface area contributed by atoms with Crippen LogP contribution in [0, 0.1) is 0 Å². The van der Waals surface area contributed by atoms with Gasteiger partial charge in [-0.1, -0.05) is 0 Å². The summed E-state index contributed by atoms with van der Waals surface area (Å²) in [6, 6.07) is 0. The predicted molar refractivity (Wildman–Crippen MR) is 67.5 cm³/mol. The Bertz CT molecular complexity index is 99.6. The summed E-state index contributed by atoms with van der Waals surface area (Å²) in [5, 5.41) is 0. The third kappa shape index (κ3) is 20.0. The molecule has 0 aromatic rings. The molecule has 1 heterocycles. The van der Waals surface area contributed by atoms with Gasteiger partial charge in [-0.05, 0) is 35.2 Å². The zero-order valence-electron chi connectivity index (χ0n) is 11.6. The molecular formula is C11H29N3O. The van der Waals surface area contributed by atoms with E-state index in [1.54, 1.807) is 14.2 Å². The highest BCUT2D eigenvalue weighted by atomic mass is 16.4. The molecule has 0 unspecified atom stereocenters. The highest BCUT2D eigenvalue weighted by Gasteiger charge is 2.07. The van der Waals surface area contributed by atoms with E-state index < -0.39 is 0 Å². The van der Waals surface area contributed by atoms with Crippen molar-refractivity contribution in [2.45, 2.75) is 0 Å². The zero-order chi connectivity index (χ0) is 12.3. The molecule has 4 heteroatoms. The summed E-state index contributed by atoms with van der Waals surface area (Å²) in [6.45, 7) is 4.93. The molecule has 0 aliphatic carbocycles. The predicted octanol–water partition coefficient (Wildman–Crippen LogP) is 0.304. The van der Waals surface area contributed by atoms with Crippen molar-refractivity contribution < 1.29 is 4.74 Å². The molecule has 1 saturated heterocycles. The number of nitrogens with zero attached hydrogens (tertiary/aromatic N) is 3. The maximum atomic E-state index is 4.25. The monoisotopic (exact) mass is 219 g/mol. The summed E-state index contributed by atoms with van der Waals surface area (Å²) in [5.41, 5.74) is 0. The molecular weight excluding hydrogens is 190 g/mol. The van der Waals surface area contributed by atoms with Gasteiger partial charge in [0, 0.05) is 40.4 Å². The normalized spacial score (nSPS) is 17.6. The molecule has 0 amide bonds. The Morgan fingerprint density at radius 2 is 0.933 bits per heavy atom. The van der Waals surface area contributed by atoms with Crippen LogP contribution >= 0.6 is 0 Å². The van der Waals surface area contributed by atoms with Gasteiger partial charge < -0.3 is 19.4 Å². The van der Waals surface area contributed by atoms with E-state index in [2.05, 4.69) is 28.6 Å². The molecule has 0 aromatic heterocycles. The van der Waals surface area contributed by atoms with Gasteiger partial charge in [0.25, 0.3) is 0 Å². The molecule has 1 rings (SSSR count). The fraction of sp³-hybridized carbons (Fsp3) is 1.00. The van der Waals surface area contributed by atoms with Gasteiger partial charge in [0.15, 0.2) is 0 Å². The molecule has 15 heavy (non-hydrogen) atoms. The van der Waals surface area contributed by atoms with Crippen molar-refractivity contribution in [3.05, 3.63) is 0 Å². The van der Waals surface area contributed by atoms with Gasteiger partial charge >= 0.3 is 0 Å². The summed E-state index contributed by atoms with van der Waals surface area (Å²) in [7, 11) is 13.6. The molecule has 4 nitrogen and oxygen atoms in total. The van der Waals surface area contributed by atoms with Crippen molar-refractivity contribution in [1.29, 1.82) is 0 Å². The van der Waals surface area contributed by atoms with E-state index in [4.69, 9.17) is 0 Å². The van der Waals surface area contributed by atoms with Crippen LogP contribution in [0.5, 0.6) is 0 Å². The molecule has 1 aliphatic rings. The van der Waals surface area contributed by atoms with Crippen LogP contribution in [0.15, 0.2) is 0 Å². The van der Waals surface area contributed by atoms with E-state index >= 15 is 0 Å². The van der Waals surface area contributed by atoms with Crippen LogP contribution in [0.1, 0.15) is 0 Å². The molecule has 0 radical (unpaired) electrons. The highest BCUT2D eigenvalue weighted by molar-refractivity contribution is 4.64. The molecule has 0 atom stereocenters. The van der Waals surface area contributed by atoms with Crippen LogP contribution in [0.25, 0.3) is 0 Å². The maximum Gasteiger partial charge on any atom is 0.0351 e. The summed E-state index contributed by atoms with van der Waals surface area (Å²) >= 11 is 0. The summed E-state index contributed by atoms with van der Waals surface area (Å²) in [6.07, 6.45) is 0. The molecule has 0 saturated carbocycles. The number of rotatable bonds is 0. The summed E-state index contributed by atoms with van der Waals surface area (Å²) < 4.78 is 4.25. The van der Waals surface area contributed by atoms with E-state index in [9.17, 15) is 0 Å². The van der Waals surface area contributed by atoms with E-state index in [0.717, 1.165) is 0 Å². The van der Waals surface area contributed by atoms with Crippen molar-refractivity contribution in [3.8, 4) is 0 Å². The average molecular weight is 219 g/mol. The minimum Gasteiger partial charge on any atom is -0.388 e. The Kier molecular flexibility index (Phi) is 13.7. The third-order valence-electron chi connectivity index (χ3n) is 1.73. The number of likely N-dealkylation sites (N-methyl/N-ethyl adjacent to an activating group) is 2. The minimum atomic E-state index is 1.23. The van der Waals surface area contributed by atoms with Crippen molar-refractivity contribution in [2.75, 3.05) is 75.6 Å². The molecule has 0 bridgehead atoms. The molecule has 94 valence electrons. The smallest absolute Gasteiger partial charge is 0.0351 e. The first-order valence-electron chi connectivity index (χ1n) is 5.32. The molecule has 0 aromatic carbocycles. The zero-order valence-corrected chi connectivity index (χ0v) is 11.6. The van der Waals surface area contributed by atoms with Crippen molar-refractivity contribution >= 4 is 0 Å². The lowest BCUT2D eigenvalue weighted by atomic mass is 10.4. The second kappa shape index (κ2) is 11.9. The first-order valence-corrected chi connectivity index (χ1v) is 5.32. The number of ether oxygens (including phenoxy) is 1. The van der Waals surface area contributed by atoms with Crippen LogP contribution in [0.3, 0.4) is 0 Å². The lowest BCUT2D eigenvalue weighted by Crippen LogP contribution is -2.42. The van der Waals surface area contributed by atoms with Crippen molar-refractivity contribution in [3.63, 3.8) is 0 Å². The van der Waals surface area contributed by atoms with Gasteiger partial charge in [0.2, 0.25) is 0 Å². The maximum absolute atomic E-state index is 4.25. The molecule has 0 N–H and O–H groups in total. The summed E-state index contributed by atoms with van der Waals surface area (Å²) in [4.78, 5) is 6.72. The Balaban J connectivity index is 0. The third-order valence-corrected chi connectivity index (χ3v) is 1.73. The number of methoxy groups -OCH3 is 1. The first-order chi connectivity index (χ1) is 6.93. The van der Waals surface area contributed by atoms with E-state index in [1.807, 2.05) is 26.0 Å². The quantitative estimate of drug-likeness (QED) is 0.583. The van der Waals surface area contributed by atoms with Gasteiger partial charge in [0.1, 0.15) is 0 Å². The molecule has 1 aliphatic heterocycles. The Morgan fingerprint density at radius 3 is 1.07 bits per heavy atom. The largest absolute Gasteiger partial charge is 0.388 e. The Morgan fingerprint density at radius 1 is 0.800 bits per heavy atom. The Labute approximate surface area is 95.8 Å². The van der Waals surface area contributed by atoms with Crippen LogP contribution in [-0.4, -0.2) is 90.3 Å². The van der Waals surface area contributed by atoms with Crippen LogP contribution < -0.4 is 0 Å². The average Bonchev–Trinajstić information content (AvgIpc) is 2.10. The fourth-order valence-electron chi connectivity index (χ4n) is 0.906. The van der Waals surface area contributed by atoms with Gasteiger partial charge in [-0.3, -0.25) is 0 Å². The topological polar surface area (TPSA) is 19.0 Å². The minimum absolute atomic E-state index is 1.23. The van der Waals surface area contributed by atoms with Crippen molar-refractivity contribution in [2.24, 2.45) is 0 Å². The summed E-state index contributed by atoms with van der Waals surface area (Å²) in [5.74, 6) is 0. The van der Waals surface area contributed by atoms with Gasteiger partial charge in [0.05, 0.1) is 0 Å². The van der Waals surface area contributed by atoms with Crippen LogP contribution in [0.2, 0.25) is 0 Å². The number of hydrogen-bond donors (Lipinski definition) is 0. The Hall–Kier alpha value is -0.160. The van der Waals surface area contributed by atoms with Crippen molar-refractivity contribution in [1.82, 2.24) is 14.7 Å². The van der Waals surface area contributed by atoms with E-state index in [-0.39, 0.29) is 0 Å². The standard InChI is InChI=1S/C6H14N2.C3H9N.C2H6O/c1-7-3-5-8(2)6-4-7;1-4(2)3;1-3-2/h3-6H2,1-2H3;1-3H3;1-2H3. The van der Waals surface area contributed by atoms with E-state index in [1.165, 1.54) is 26.2 Å². The van der Waals surface area contributed by atoms with Crippen LogP contribution in [-0.2, 0) is 4.74 Å².